The maximum atomic E-state index is 12.3. The van der Waals surface area contributed by atoms with Crippen LogP contribution in [0.4, 0.5) is 4.79 Å². The van der Waals surface area contributed by atoms with Crippen LogP contribution in [0.5, 0.6) is 0 Å². The monoisotopic (exact) mass is 299 g/mol. The van der Waals surface area contributed by atoms with Crippen molar-refractivity contribution in [2.75, 3.05) is 20.1 Å². The molecule has 2 N–H and O–H groups in total. The van der Waals surface area contributed by atoms with Gasteiger partial charge in [-0.1, -0.05) is 13.8 Å². The van der Waals surface area contributed by atoms with Crippen LogP contribution < -0.4 is 5.32 Å². The van der Waals surface area contributed by atoms with E-state index in [-0.39, 0.29) is 11.8 Å². The van der Waals surface area contributed by atoms with Gasteiger partial charge >= 0.3 is 12.0 Å². The average Bonchev–Trinajstić information content (AvgIpc) is 2.34. The fraction of sp³-hybridized carbons (Fsp3) is 0.786. The summed E-state index contributed by atoms with van der Waals surface area (Å²) in [7, 11) is 1.69. The van der Waals surface area contributed by atoms with Crippen molar-refractivity contribution < 1.29 is 19.5 Å². The van der Waals surface area contributed by atoms with Crippen molar-refractivity contribution in [1.29, 1.82) is 0 Å². The summed E-state index contributed by atoms with van der Waals surface area (Å²) in [5.41, 5.74) is -0.974. The number of carboxylic acid groups (broad SMARTS) is 1. The first-order chi connectivity index (χ1) is 9.57. The minimum Gasteiger partial charge on any atom is -0.480 e. The van der Waals surface area contributed by atoms with Crippen molar-refractivity contribution in [3.8, 4) is 0 Å². The van der Waals surface area contributed by atoms with Gasteiger partial charge in [0.1, 0.15) is 11.6 Å². The van der Waals surface area contributed by atoms with Gasteiger partial charge in [-0.25, -0.2) is 9.59 Å². The van der Waals surface area contributed by atoms with E-state index < -0.39 is 23.6 Å². The molecule has 1 rings (SSSR count). The molecule has 0 spiro atoms. The lowest BCUT2D eigenvalue weighted by atomic mass is 9.98. The highest BCUT2D eigenvalue weighted by atomic mass is 16.4. The molecule has 3 amide bonds. The van der Waals surface area contributed by atoms with Gasteiger partial charge in [-0.2, -0.15) is 0 Å². The third-order valence-corrected chi connectivity index (χ3v) is 3.75. The molecule has 1 aliphatic rings. The van der Waals surface area contributed by atoms with Gasteiger partial charge in [0.05, 0.1) is 0 Å². The molecule has 1 aliphatic heterocycles. The molecule has 0 aromatic carbocycles. The number of carboxylic acids is 1. The van der Waals surface area contributed by atoms with E-state index in [1.807, 2.05) is 13.8 Å². The van der Waals surface area contributed by atoms with Crippen LogP contribution >= 0.6 is 0 Å². The molecule has 7 heteroatoms. The van der Waals surface area contributed by atoms with Crippen molar-refractivity contribution in [3.63, 3.8) is 0 Å². The number of likely N-dealkylation sites (N-methyl/N-ethyl adjacent to an activating group) is 1. The number of rotatable bonds is 4. The molecule has 1 heterocycles. The molecule has 1 saturated heterocycles. The molecule has 7 nitrogen and oxygen atoms in total. The second kappa shape index (κ2) is 6.32. The molecule has 1 fully saturated rings. The first kappa shape index (κ1) is 17.3. The third kappa shape index (κ3) is 3.86. The van der Waals surface area contributed by atoms with Crippen molar-refractivity contribution in [3.05, 3.63) is 0 Å². The van der Waals surface area contributed by atoms with Crippen molar-refractivity contribution in [1.82, 2.24) is 15.1 Å². The maximum absolute atomic E-state index is 12.3. The van der Waals surface area contributed by atoms with E-state index in [0.717, 1.165) is 0 Å². The van der Waals surface area contributed by atoms with Crippen LogP contribution in [0.25, 0.3) is 0 Å². The van der Waals surface area contributed by atoms with E-state index in [1.165, 1.54) is 4.90 Å². The first-order valence-corrected chi connectivity index (χ1v) is 7.14. The summed E-state index contributed by atoms with van der Waals surface area (Å²) in [6.45, 7) is 7.95. The summed E-state index contributed by atoms with van der Waals surface area (Å²) >= 11 is 0. The second-order valence-corrected chi connectivity index (χ2v) is 6.41. The van der Waals surface area contributed by atoms with Crippen LogP contribution in [-0.4, -0.2) is 64.5 Å². The fourth-order valence-electron chi connectivity index (χ4n) is 2.49. The summed E-state index contributed by atoms with van der Waals surface area (Å²) in [5, 5.41) is 11.7. The van der Waals surface area contributed by atoms with Gasteiger partial charge in [-0.3, -0.25) is 4.79 Å². The summed E-state index contributed by atoms with van der Waals surface area (Å²) in [6, 6.07) is -1.45. The average molecular weight is 299 g/mol. The highest BCUT2D eigenvalue weighted by molar-refractivity contribution is 5.92. The summed E-state index contributed by atoms with van der Waals surface area (Å²) in [5.74, 6) is -1.07. The molecular weight excluding hydrogens is 274 g/mol. The summed E-state index contributed by atoms with van der Waals surface area (Å²) in [4.78, 5) is 38.7. The Bertz CT molecular complexity index is 434. The minimum absolute atomic E-state index is 0.147. The van der Waals surface area contributed by atoms with Gasteiger partial charge in [0, 0.05) is 20.1 Å². The molecule has 21 heavy (non-hydrogen) atoms. The van der Waals surface area contributed by atoms with Crippen molar-refractivity contribution in [2.45, 2.75) is 45.7 Å². The SMILES string of the molecule is CC(C)C[C@@H](NC(=O)N1CCN(C)C(=O)C1(C)C)C(=O)O. The number of urea groups is 1. The number of carbonyl (C=O) groups is 3. The Hall–Kier alpha value is -1.79. The van der Waals surface area contributed by atoms with Gasteiger partial charge < -0.3 is 20.2 Å². The lowest BCUT2D eigenvalue weighted by molar-refractivity contribution is -0.144. The largest absolute Gasteiger partial charge is 0.480 e. The van der Waals surface area contributed by atoms with Crippen molar-refractivity contribution >= 4 is 17.9 Å². The number of nitrogens with one attached hydrogen (secondary N) is 1. The zero-order valence-corrected chi connectivity index (χ0v) is 13.3. The summed E-state index contributed by atoms with van der Waals surface area (Å²) < 4.78 is 0. The number of aliphatic carboxylic acids is 1. The molecule has 120 valence electrons. The number of nitrogens with zero attached hydrogens (tertiary/aromatic N) is 2. The molecule has 0 aliphatic carbocycles. The molecule has 0 saturated carbocycles. The van der Waals surface area contributed by atoms with E-state index in [0.29, 0.717) is 19.5 Å². The van der Waals surface area contributed by atoms with Crippen LogP contribution in [0.15, 0.2) is 0 Å². The zero-order valence-electron chi connectivity index (χ0n) is 13.3. The lowest BCUT2D eigenvalue weighted by Gasteiger charge is -2.44. The zero-order chi connectivity index (χ0) is 16.4. The van der Waals surface area contributed by atoms with Crippen molar-refractivity contribution in [2.24, 2.45) is 5.92 Å². The van der Waals surface area contributed by atoms with Crippen LogP contribution in [0, 0.1) is 5.92 Å². The van der Waals surface area contributed by atoms with E-state index in [4.69, 9.17) is 0 Å². The van der Waals surface area contributed by atoms with Gasteiger partial charge in [-0.05, 0) is 26.2 Å². The van der Waals surface area contributed by atoms with Gasteiger partial charge in [0.2, 0.25) is 5.91 Å². The maximum Gasteiger partial charge on any atom is 0.326 e. The Morgan fingerprint density at radius 1 is 1.33 bits per heavy atom. The predicted octanol–water partition coefficient (Wildman–Crippen LogP) is 0.748. The van der Waals surface area contributed by atoms with Crippen LogP contribution in [0.2, 0.25) is 0 Å². The van der Waals surface area contributed by atoms with E-state index in [1.54, 1.807) is 25.8 Å². The standard InChI is InChI=1S/C14H25N3O4/c1-9(2)8-10(11(18)19)15-13(21)17-7-6-16(5)12(20)14(17,3)4/h9-10H,6-8H2,1-5H3,(H,15,21)(H,18,19)/t10-/m1/s1. The molecule has 0 aromatic heterocycles. The van der Waals surface area contributed by atoms with Gasteiger partial charge in [-0.15, -0.1) is 0 Å². The molecule has 0 aromatic rings. The van der Waals surface area contributed by atoms with E-state index >= 15 is 0 Å². The van der Waals surface area contributed by atoms with Crippen LogP contribution in [0.1, 0.15) is 34.1 Å². The molecule has 0 bridgehead atoms. The van der Waals surface area contributed by atoms with E-state index in [9.17, 15) is 19.5 Å². The number of piperazine rings is 1. The first-order valence-electron chi connectivity index (χ1n) is 7.14. The Morgan fingerprint density at radius 3 is 2.38 bits per heavy atom. The fourth-order valence-corrected chi connectivity index (χ4v) is 2.49. The summed E-state index contributed by atoms with van der Waals surface area (Å²) in [6.07, 6.45) is 0.350. The molecule has 0 radical (unpaired) electrons. The Labute approximate surface area is 125 Å². The molecular formula is C14H25N3O4. The van der Waals surface area contributed by atoms with E-state index in [2.05, 4.69) is 5.32 Å². The Balaban J connectivity index is 2.82. The highest BCUT2D eigenvalue weighted by Crippen LogP contribution is 2.22. The smallest absolute Gasteiger partial charge is 0.326 e. The highest BCUT2D eigenvalue weighted by Gasteiger charge is 2.43. The van der Waals surface area contributed by atoms with Gasteiger partial charge in [0.25, 0.3) is 0 Å². The number of hydrogen-bond acceptors (Lipinski definition) is 3. The number of carbonyl (C=O) groups excluding carboxylic acids is 2. The number of amides is 3. The van der Waals surface area contributed by atoms with Crippen LogP contribution in [-0.2, 0) is 9.59 Å². The predicted molar refractivity (Wildman–Crippen MR) is 77.8 cm³/mol. The lowest BCUT2D eigenvalue weighted by Crippen LogP contribution is -2.66. The molecule has 1 atom stereocenters. The quantitative estimate of drug-likeness (QED) is 0.801. The van der Waals surface area contributed by atoms with Crippen LogP contribution in [0.3, 0.4) is 0 Å². The van der Waals surface area contributed by atoms with Gasteiger partial charge in [0.15, 0.2) is 0 Å². The Kier molecular flexibility index (Phi) is 5.20. The third-order valence-electron chi connectivity index (χ3n) is 3.75. The second-order valence-electron chi connectivity index (χ2n) is 6.41. The Morgan fingerprint density at radius 2 is 1.90 bits per heavy atom. The topological polar surface area (TPSA) is 90.0 Å². The molecule has 0 unspecified atom stereocenters. The number of hydrogen-bond donors (Lipinski definition) is 2. The minimum atomic E-state index is -1.06. The normalized spacial score (nSPS) is 19.6.